The maximum absolute atomic E-state index is 5.84. The van der Waals surface area contributed by atoms with Crippen LogP contribution < -0.4 is 4.74 Å². The second kappa shape index (κ2) is 5.68. The quantitative estimate of drug-likeness (QED) is 0.767. The normalized spacial score (nSPS) is 10.5. The number of hydrogen-bond donors (Lipinski definition) is 0. The Hall–Kier alpha value is -1.55. The summed E-state index contributed by atoms with van der Waals surface area (Å²) in [6, 6.07) is 7.73. The number of aryl methyl sites for hydroxylation is 1. The van der Waals surface area contributed by atoms with Crippen LogP contribution in [0.1, 0.15) is 18.3 Å². The van der Waals surface area contributed by atoms with Gasteiger partial charge in [0, 0.05) is 12.1 Å². The molecular formula is C12H14ClN3O. The van der Waals surface area contributed by atoms with Gasteiger partial charge in [0.2, 0.25) is 0 Å². The minimum Gasteiger partial charge on any atom is -0.485 e. The van der Waals surface area contributed by atoms with E-state index in [1.807, 2.05) is 35.9 Å². The summed E-state index contributed by atoms with van der Waals surface area (Å²) in [7, 11) is 0. The molecule has 0 aliphatic heterocycles. The Bertz CT molecular complexity index is 484. The third kappa shape index (κ3) is 2.77. The van der Waals surface area contributed by atoms with Crippen molar-refractivity contribution in [2.45, 2.75) is 26.0 Å². The number of hydrogen-bond acceptors (Lipinski definition) is 3. The summed E-state index contributed by atoms with van der Waals surface area (Å²) in [6.45, 7) is 3.21. The molecule has 17 heavy (non-hydrogen) atoms. The van der Waals surface area contributed by atoms with Crippen molar-refractivity contribution in [3.63, 3.8) is 0 Å². The Kier molecular flexibility index (Phi) is 3.98. The smallest absolute Gasteiger partial charge is 0.164 e. The predicted molar refractivity (Wildman–Crippen MR) is 66.0 cm³/mol. The Labute approximate surface area is 105 Å². The molecule has 5 heteroatoms. The van der Waals surface area contributed by atoms with Crippen molar-refractivity contribution in [2.75, 3.05) is 0 Å². The van der Waals surface area contributed by atoms with Crippen molar-refractivity contribution < 1.29 is 4.74 Å². The summed E-state index contributed by atoms with van der Waals surface area (Å²) in [6.07, 6.45) is 1.54. The lowest BCUT2D eigenvalue weighted by atomic mass is 10.2. The maximum atomic E-state index is 5.84. The molecule has 0 bridgehead atoms. The van der Waals surface area contributed by atoms with Gasteiger partial charge in [-0.3, -0.25) is 0 Å². The van der Waals surface area contributed by atoms with E-state index in [2.05, 4.69) is 10.1 Å². The standard InChI is InChI=1S/C12H14ClN3O/c1-2-16-12(14-9-15-16)8-17-11-6-4-3-5-10(11)7-13/h3-6,9H,2,7-8H2,1H3. The molecule has 0 atom stereocenters. The van der Waals surface area contributed by atoms with Gasteiger partial charge in [-0.2, -0.15) is 5.10 Å². The Balaban J connectivity index is 2.07. The first-order valence-corrected chi connectivity index (χ1v) is 6.02. The van der Waals surface area contributed by atoms with Gasteiger partial charge >= 0.3 is 0 Å². The second-order valence-electron chi connectivity index (χ2n) is 3.52. The number of ether oxygens (including phenoxy) is 1. The summed E-state index contributed by atoms with van der Waals surface area (Å²) < 4.78 is 7.52. The van der Waals surface area contributed by atoms with Crippen LogP contribution in [-0.4, -0.2) is 14.8 Å². The summed E-state index contributed by atoms with van der Waals surface area (Å²) in [5.74, 6) is 2.06. The molecule has 0 radical (unpaired) electrons. The van der Waals surface area contributed by atoms with Gasteiger partial charge in [-0.05, 0) is 13.0 Å². The van der Waals surface area contributed by atoms with Gasteiger partial charge in [-0.15, -0.1) is 11.6 Å². The average Bonchev–Trinajstić information content (AvgIpc) is 2.84. The molecule has 0 spiro atoms. The van der Waals surface area contributed by atoms with E-state index in [1.165, 1.54) is 6.33 Å². The molecule has 2 aromatic rings. The third-order valence-electron chi connectivity index (χ3n) is 2.47. The SMILES string of the molecule is CCn1ncnc1COc1ccccc1CCl. The van der Waals surface area contributed by atoms with E-state index in [9.17, 15) is 0 Å². The Morgan fingerprint density at radius 3 is 2.94 bits per heavy atom. The van der Waals surface area contributed by atoms with E-state index < -0.39 is 0 Å². The van der Waals surface area contributed by atoms with Gasteiger partial charge in [0.05, 0.1) is 5.88 Å². The van der Waals surface area contributed by atoms with Crippen LogP contribution in [-0.2, 0) is 19.0 Å². The van der Waals surface area contributed by atoms with Crippen molar-refractivity contribution in [3.8, 4) is 5.75 Å². The van der Waals surface area contributed by atoms with Crippen molar-refractivity contribution in [1.29, 1.82) is 0 Å². The van der Waals surface area contributed by atoms with Gasteiger partial charge in [0.15, 0.2) is 5.82 Å². The lowest BCUT2D eigenvalue weighted by molar-refractivity contribution is 0.285. The van der Waals surface area contributed by atoms with E-state index >= 15 is 0 Å². The van der Waals surface area contributed by atoms with Gasteiger partial charge in [0.25, 0.3) is 0 Å². The molecule has 90 valence electrons. The molecule has 0 fully saturated rings. The second-order valence-corrected chi connectivity index (χ2v) is 3.79. The van der Waals surface area contributed by atoms with Crippen LogP contribution in [0.15, 0.2) is 30.6 Å². The first-order valence-electron chi connectivity index (χ1n) is 5.48. The molecule has 0 saturated carbocycles. The van der Waals surface area contributed by atoms with Gasteiger partial charge in [0.1, 0.15) is 18.7 Å². The maximum Gasteiger partial charge on any atom is 0.164 e. The Morgan fingerprint density at radius 2 is 2.18 bits per heavy atom. The van der Waals surface area contributed by atoms with E-state index in [4.69, 9.17) is 16.3 Å². The lowest BCUT2D eigenvalue weighted by Gasteiger charge is -2.09. The van der Waals surface area contributed by atoms with E-state index in [0.717, 1.165) is 23.7 Å². The van der Waals surface area contributed by atoms with E-state index in [1.54, 1.807) is 0 Å². The van der Waals surface area contributed by atoms with Crippen LogP contribution in [0.5, 0.6) is 5.75 Å². The number of para-hydroxylation sites is 1. The number of alkyl halides is 1. The van der Waals surface area contributed by atoms with Crippen LogP contribution in [0.25, 0.3) is 0 Å². The molecule has 1 aromatic carbocycles. The minimum atomic E-state index is 0.405. The molecule has 1 aromatic heterocycles. The average molecular weight is 252 g/mol. The van der Waals surface area contributed by atoms with Crippen molar-refractivity contribution >= 4 is 11.6 Å². The molecule has 4 nitrogen and oxygen atoms in total. The highest BCUT2D eigenvalue weighted by atomic mass is 35.5. The molecule has 0 unspecified atom stereocenters. The van der Waals surface area contributed by atoms with Crippen molar-refractivity contribution in [3.05, 3.63) is 42.0 Å². The third-order valence-corrected chi connectivity index (χ3v) is 2.76. The fourth-order valence-corrected chi connectivity index (χ4v) is 1.78. The fourth-order valence-electron chi connectivity index (χ4n) is 1.56. The molecule has 0 aliphatic rings. The molecule has 1 heterocycles. The zero-order valence-corrected chi connectivity index (χ0v) is 10.4. The van der Waals surface area contributed by atoms with E-state index in [-0.39, 0.29) is 0 Å². The number of aromatic nitrogens is 3. The molecular weight excluding hydrogens is 238 g/mol. The first kappa shape index (κ1) is 11.9. The van der Waals surface area contributed by atoms with Crippen LogP contribution in [0.3, 0.4) is 0 Å². The topological polar surface area (TPSA) is 39.9 Å². The lowest BCUT2D eigenvalue weighted by Crippen LogP contribution is -2.07. The minimum absolute atomic E-state index is 0.405. The number of nitrogens with zero attached hydrogens (tertiary/aromatic N) is 3. The summed E-state index contributed by atoms with van der Waals surface area (Å²) in [5.41, 5.74) is 0.983. The molecule has 2 rings (SSSR count). The van der Waals surface area contributed by atoms with Gasteiger partial charge in [-0.25, -0.2) is 9.67 Å². The van der Waals surface area contributed by atoms with Crippen molar-refractivity contribution in [1.82, 2.24) is 14.8 Å². The molecule has 0 aliphatic carbocycles. The predicted octanol–water partition coefficient (Wildman–Crippen LogP) is 2.62. The largest absolute Gasteiger partial charge is 0.485 e. The highest BCUT2D eigenvalue weighted by Crippen LogP contribution is 2.20. The summed E-state index contributed by atoms with van der Waals surface area (Å²) >= 11 is 5.84. The van der Waals surface area contributed by atoms with Crippen LogP contribution in [0, 0.1) is 0 Å². The van der Waals surface area contributed by atoms with Crippen LogP contribution in [0.4, 0.5) is 0 Å². The van der Waals surface area contributed by atoms with Gasteiger partial charge in [-0.1, -0.05) is 18.2 Å². The Morgan fingerprint density at radius 1 is 1.35 bits per heavy atom. The monoisotopic (exact) mass is 251 g/mol. The van der Waals surface area contributed by atoms with Crippen LogP contribution >= 0.6 is 11.6 Å². The van der Waals surface area contributed by atoms with Crippen LogP contribution in [0.2, 0.25) is 0 Å². The van der Waals surface area contributed by atoms with E-state index in [0.29, 0.717) is 12.5 Å². The number of benzene rings is 1. The summed E-state index contributed by atoms with van der Waals surface area (Å²) in [5, 5.41) is 4.09. The zero-order valence-electron chi connectivity index (χ0n) is 9.64. The summed E-state index contributed by atoms with van der Waals surface area (Å²) in [4.78, 5) is 4.15. The first-order chi connectivity index (χ1) is 8.35. The zero-order chi connectivity index (χ0) is 12.1. The number of rotatable bonds is 5. The number of halogens is 1. The molecule has 0 N–H and O–H groups in total. The van der Waals surface area contributed by atoms with Gasteiger partial charge < -0.3 is 4.74 Å². The fraction of sp³-hybridized carbons (Fsp3) is 0.333. The molecule has 0 saturated heterocycles. The highest BCUT2D eigenvalue weighted by molar-refractivity contribution is 6.17. The highest BCUT2D eigenvalue weighted by Gasteiger charge is 2.06. The molecule has 0 amide bonds. The van der Waals surface area contributed by atoms with Crippen molar-refractivity contribution in [2.24, 2.45) is 0 Å².